The van der Waals surface area contributed by atoms with Crippen molar-refractivity contribution in [2.45, 2.75) is 13.1 Å². The molecule has 0 saturated heterocycles. The SMILES string of the molecule is CN=C(NCc1cccc(OCC(N)=O)c1)NCc1ccccn1.I. The highest BCUT2D eigenvalue weighted by molar-refractivity contribution is 14.0. The van der Waals surface area contributed by atoms with Crippen molar-refractivity contribution in [2.24, 2.45) is 10.7 Å². The molecular formula is C17H22IN5O2. The summed E-state index contributed by atoms with van der Waals surface area (Å²) >= 11 is 0. The van der Waals surface area contributed by atoms with Gasteiger partial charge in [-0.3, -0.25) is 14.8 Å². The number of halogens is 1. The zero-order valence-electron chi connectivity index (χ0n) is 13.9. The predicted octanol–water partition coefficient (Wildman–Crippen LogP) is 1.43. The molecule has 1 heterocycles. The van der Waals surface area contributed by atoms with Crippen molar-refractivity contribution >= 4 is 35.8 Å². The number of pyridine rings is 1. The number of ether oxygens (including phenoxy) is 1. The standard InChI is InChI=1S/C17H21N5O2.HI/c1-19-17(22-11-14-6-2-3-8-20-14)21-10-13-5-4-7-15(9-13)24-12-16(18)23;/h2-9H,10-12H2,1H3,(H2,18,23)(H2,19,21,22);1H. The van der Waals surface area contributed by atoms with E-state index in [2.05, 4.69) is 20.6 Å². The minimum Gasteiger partial charge on any atom is -0.484 e. The lowest BCUT2D eigenvalue weighted by Crippen LogP contribution is -2.36. The Kier molecular flexibility index (Phi) is 9.30. The topological polar surface area (TPSA) is 102 Å². The van der Waals surface area contributed by atoms with Crippen molar-refractivity contribution in [1.82, 2.24) is 15.6 Å². The van der Waals surface area contributed by atoms with Gasteiger partial charge in [-0.05, 0) is 29.8 Å². The summed E-state index contributed by atoms with van der Waals surface area (Å²) < 4.78 is 5.29. The Bertz CT molecular complexity index is 694. The molecule has 1 amide bonds. The Morgan fingerprint density at radius 3 is 2.68 bits per heavy atom. The maximum Gasteiger partial charge on any atom is 0.255 e. The molecule has 1 aromatic carbocycles. The van der Waals surface area contributed by atoms with E-state index in [0.717, 1.165) is 11.3 Å². The van der Waals surface area contributed by atoms with E-state index < -0.39 is 5.91 Å². The summed E-state index contributed by atoms with van der Waals surface area (Å²) in [5, 5.41) is 6.41. The van der Waals surface area contributed by atoms with Crippen LogP contribution in [0.4, 0.5) is 0 Å². The maximum atomic E-state index is 10.8. The van der Waals surface area contributed by atoms with Crippen molar-refractivity contribution in [3.63, 3.8) is 0 Å². The molecule has 134 valence electrons. The molecule has 0 aliphatic carbocycles. The summed E-state index contributed by atoms with van der Waals surface area (Å²) in [5.41, 5.74) is 7.00. The Labute approximate surface area is 164 Å². The second-order valence-electron chi connectivity index (χ2n) is 5.00. The molecule has 4 N–H and O–H groups in total. The molecule has 0 spiro atoms. The first-order valence-electron chi connectivity index (χ1n) is 7.52. The number of nitrogens with two attached hydrogens (primary N) is 1. The molecule has 25 heavy (non-hydrogen) atoms. The fourth-order valence-corrected chi connectivity index (χ4v) is 1.98. The maximum absolute atomic E-state index is 10.8. The molecule has 2 rings (SSSR count). The van der Waals surface area contributed by atoms with Crippen LogP contribution in [0.25, 0.3) is 0 Å². The van der Waals surface area contributed by atoms with Crippen LogP contribution in [0.2, 0.25) is 0 Å². The fraction of sp³-hybridized carbons (Fsp3) is 0.235. The third-order valence-electron chi connectivity index (χ3n) is 3.13. The van der Waals surface area contributed by atoms with Gasteiger partial charge in [0.05, 0.1) is 12.2 Å². The quantitative estimate of drug-likeness (QED) is 0.333. The Morgan fingerprint density at radius 1 is 1.20 bits per heavy atom. The number of hydrogen-bond donors (Lipinski definition) is 3. The average Bonchev–Trinajstić information content (AvgIpc) is 2.61. The number of guanidine groups is 1. The molecule has 2 aromatic rings. The minimum atomic E-state index is -0.502. The second kappa shape index (κ2) is 11.2. The predicted molar refractivity (Wildman–Crippen MR) is 108 cm³/mol. The van der Waals surface area contributed by atoms with Crippen LogP contribution in [0.15, 0.2) is 53.7 Å². The fourth-order valence-electron chi connectivity index (χ4n) is 1.98. The lowest BCUT2D eigenvalue weighted by molar-refractivity contribution is -0.119. The van der Waals surface area contributed by atoms with Gasteiger partial charge in [-0.1, -0.05) is 18.2 Å². The number of carbonyl (C=O) groups is 1. The van der Waals surface area contributed by atoms with E-state index in [9.17, 15) is 4.79 Å². The van der Waals surface area contributed by atoms with Gasteiger partial charge in [0, 0.05) is 19.8 Å². The minimum absolute atomic E-state index is 0. The van der Waals surface area contributed by atoms with E-state index in [1.54, 1.807) is 19.3 Å². The molecule has 0 aliphatic heterocycles. The molecular weight excluding hydrogens is 433 g/mol. The summed E-state index contributed by atoms with van der Waals surface area (Å²) in [6.07, 6.45) is 1.75. The average molecular weight is 455 g/mol. The Balaban J connectivity index is 0.00000312. The van der Waals surface area contributed by atoms with Crippen molar-refractivity contribution < 1.29 is 9.53 Å². The molecule has 0 atom stereocenters. The van der Waals surface area contributed by atoms with Gasteiger partial charge in [-0.25, -0.2) is 0 Å². The zero-order chi connectivity index (χ0) is 17.2. The number of nitrogens with zero attached hydrogens (tertiary/aromatic N) is 2. The van der Waals surface area contributed by atoms with E-state index in [4.69, 9.17) is 10.5 Å². The summed E-state index contributed by atoms with van der Waals surface area (Å²) in [6, 6.07) is 13.2. The lowest BCUT2D eigenvalue weighted by Gasteiger charge is -2.12. The van der Waals surface area contributed by atoms with Gasteiger partial charge in [0.1, 0.15) is 5.75 Å². The molecule has 0 unspecified atom stereocenters. The zero-order valence-corrected chi connectivity index (χ0v) is 16.3. The van der Waals surface area contributed by atoms with Crippen LogP contribution in [0.5, 0.6) is 5.75 Å². The van der Waals surface area contributed by atoms with Crippen LogP contribution >= 0.6 is 24.0 Å². The van der Waals surface area contributed by atoms with Crippen LogP contribution in [-0.2, 0) is 17.9 Å². The number of amides is 1. The lowest BCUT2D eigenvalue weighted by atomic mass is 10.2. The highest BCUT2D eigenvalue weighted by Crippen LogP contribution is 2.13. The molecule has 0 saturated carbocycles. The van der Waals surface area contributed by atoms with E-state index in [-0.39, 0.29) is 30.6 Å². The molecule has 8 heteroatoms. The number of aromatic nitrogens is 1. The number of benzene rings is 1. The van der Waals surface area contributed by atoms with Gasteiger partial charge >= 0.3 is 0 Å². The van der Waals surface area contributed by atoms with Gasteiger partial charge < -0.3 is 21.1 Å². The van der Waals surface area contributed by atoms with Gasteiger partial charge in [0.2, 0.25) is 0 Å². The van der Waals surface area contributed by atoms with Crippen LogP contribution in [0, 0.1) is 0 Å². The van der Waals surface area contributed by atoms with Crippen molar-refractivity contribution in [3.05, 3.63) is 59.9 Å². The van der Waals surface area contributed by atoms with E-state index >= 15 is 0 Å². The van der Waals surface area contributed by atoms with Crippen LogP contribution in [0.3, 0.4) is 0 Å². The third-order valence-corrected chi connectivity index (χ3v) is 3.13. The summed E-state index contributed by atoms with van der Waals surface area (Å²) in [7, 11) is 1.71. The van der Waals surface area contributed by atoms with Crippen LogP contribution < -0.4 is 21.1 Å². The number of carbonyl (C=O) groups excluding carboxylic acids is 1. The van der Waals surface area contributed by atoms with E-state index in [1.165, 1.54) is 0 Å². The monoisotopic (exact) mass is 455 g/mol. The Hall–Kier alpha value is -2.36. The second-order valence-corrected chi connectivity index (χ2v) is 5.00. The van der Waals surface area contributed by atoms with E-state index in [0.29, 0.717) is 24.8 Å². The first kappa shape index (κ1) is 20.7. The number of primary amides is 1. The summed E-state index contributed by atoms with van der Waals surface area (Å²) in [4.78, 5) is 19.2. The normalized spacial score (nSPS) is 10.5. The highest BCUT2D eigenvalue weighted by Gasteiger charge is 2.02. The summed E-state index contributed by atoms with van der Waals surface area (Å²) in [6.45, 7) is 1.02. The smallest absolute Gasteiger partial charge is 0.255 e. The third kappa shape index (κ3) is 7.84. The van der Waals surface area contributed by atoms with Crippen LogP contribution in [0.1, 0.15) is 11.3 Å². The Morgan fingerprint density at radius 2 is 2.00 bits per heavy atom. The molecule has 0 fully saturated rings. The number of rotatable bonds is 7. The van der Waals surface area contributed by atoms with Gasteiger partial charge in [0.25, 0.3) is 5.91 Å². The number of nitrogens with one attached hydrogen (secondary N) is 2. The largest absolute Gasteiger partial charge is 0.484 e. The van der Waals surface area contributed by atoms with Gasteiger partial charge in [0.15, 0.2) is 12.6 Å². The van der Waals surface area contributed by atoms with Crippen molar-refractivity contribution in [1.29, 1.82) is 0 Å². The number of aliphatic imine (C=N–C) groups is 1. The van der Waals surface area contributed by atoms with Crippen molar-refractivity contribution in [2.75, 3.05) is 13.7 Å². The van der Waals surface area contributed by atoms with Crippen molar-refractivity contribution in [3.8, 4) is 5.75 Å². The highest BCUT2D eigenvalue weighted by atomic mass is 127. The summed E-state index contributed by atoms with van der Waals surface area (Å²) in [5.74, 6) is 0.770. The molecule has 0 radical (unpaired) electrons. The van der Waals surface area contributed by atoms with Gasteiger partial charge in [-0.2, -0.15) is 0 Å². The number of hydrogen-bond acceptors (Lipinski definition) is 4. The van der Waals surface area contributed by atoms with Gasteiger partial charge in [-0.15, -0.1) is 24.0 Å². The van der Waals surface area contributed by atoms with E-state index in [1.807, 2.05) is 36.4 Å². The molecule has 0 aliphatic rings. The molecule has 7 nitrogen and oxygen atoms in total. The van der Waals surface area contributed by atoms with Crippen LogP contribution in [-0.4, -0.2) is 30.5 Å². The molecule has 1 aromatic heterocycles. The first-order valence-corrected chi connectivity index (χ1v) is 7.52. The molecule has 0 bridgehead atoms. The first-order chi connectivity index (χ1) is 11.7.